The molecule has 0 spiro atoms. The smallest absolute Gasteiger partial charge is 0.325 e. The minimum Gasteiger partial charge on any atom is -0.384 e. The summed E-state index contributed by atoms with van der Waals surface area (Å²) in [5.74, 6) is -3.44. The van der Waals surface area contributed by atoms with Gasteiger partial charge in [0.05, 0.1) is 12.0 Å². The summed E-state index contributed by atoms with van der Waals surface area (Å²) < 4.78 is 30.5. The summed E-state index contributed by atoms with van der Waals surface area (Å²) in [6, 6.07) is 3.14. The van der Waals surface area contributed by atoms with E-state index in [9.17, 15) is 23.2 Å². The Balaban J connectivity index is 1.63. The van der Waals surface area contributed by atoms with Gasteiger partial charge in [-0.05, 0) is 43.0 Å². The fourth-order valence-corrected chi connectivity index (χ4v) is 4.66. The Labute approximate surface area is 218 Å². The highest BCUT2D eigenvalue weighted by molar-refractivity contribution is 6.12. The maximum Gasteiger partial charge on any atom is 0.325 e. The predicted octanol–water partition coefficient (Wildman–Crippen LogP) is 2.88. The van der Waals surface area contributed by atoms with Crippen LogP contribution in [0.3, 0.4) is 0 Å². The van der Waals surface area contributed by atoms with Gasteiger partial charge in [-0.1, -0.05) is 19.1 Å². The van der Waals surface area contributed by atoms with Crippen LogP contribution >= 0.6 is 0 Å². The number of hydrogen-bond acceptors (Lipinski definition) is 6. The molecule has 3 aromatic rings. The number of urea groups is 1. The van der Waals surface area contributed by atoms with Crippen LogP contribution < -0.4 is 16.0 Å². The van der Waals surface area contributed by atoms with Crippen LogP contribution in [-0.2, 0) is 23.1 Å². The Morgan fingerprint density at radius 3 is 2.55 bits per heavy atom. The number of nitrogens with two attached hydrogens (primary N) is 1. The number of nitrogens with zero attached hydrogens (tertiary/aromatic N) is 5. The van der Waals surface area contributed by atoms with Crippen LogP contribution in [0.5, 0.6) is 0 Å². The first-order valence-electron chi connectivity index (χ1n) is 12.1. The number of benzene rings is 1. The molecule has 1 aliphatic heterocycles. The molecule has 1 aliphatic rings. The molecule has 1 fully saturated rings. The molecular weight excluding hydrogens is 496 g/mol. The van der Waals surface area contributed by atoms with Crippen molar-refractivity contribution in [3.05, 3.63) is 71.2 Å². The number of aryl methyl sites for hydroxylation is 2. The van der Waals surface area contributed by atoms with Crippen LogP contribution in [0.2, 0.25) is 0 Å². The van der Waals surface area contributed by atoms with E-state index in [0.717, 1.165) is 4.90 Å². The molecule has 0 saturated carbocycles. The molecular formula is C26H29F2N7O3. The number of pyridine rings is 1. The highest BCUT2D eigenvalue weighted by Gasteiger charge is 2.55. The largest absolute Gasteiger partial charge is 0.384 e. The highest BCUT2D eigenvalue weighted by Crippen LogP contribution is 2.33. The molecule has 0 radical (unpaired) electrons. The Kier molecular flexibility index (Phi) is 7.42. The minimum atomic E-state index is -1.16. The predicted molar refractivity (Wildman–Crippen MR) is 136 cm³/mol. The summed E-state index contributed by atoms with van der Waals surface area (Å²) >= 11 is 0. The molecule has 3 heterocycles. The number of carbonyl (C=O) groups excluding carboxylic acids is 3. The molecule has 1 aromatic carbocycles. The molecule has 3 atom stereocenters. The van der Waals surface area contributed by atoms with Gasteiger partial charge in [-0.25, -0.2) is 23.5 Å². The van der Waals surface area contributed by atoms with Gasteiger partial charge in [0.25, 0.3) is 5.91 Å². The van der Waals surface area contributed by atoms with E-state index < -0.39 is 47.5 Å². The Hall–Kier alpha value is -4.35. The standard InChI is InChI=1S/C26H29F2N7O3/c1-5-18(16-7-6-14(2)20(27)21(16)28)32-26(38)35-22(24(37)34(4)25-31-10-11-33(25)3)17(23(35)36)12-15-8-9-30-19(29)13-15/h6-11,13,17-18,22H,5,12H2,1-4H3,(H2,29,30)(H,32,38)/t17-,18?,22+/m1/s1. The van der Waals surface area contributed by atoms with E-state index in [2.05, 4.69) is 15.3 Å². The molecule has 4 rings (SSSR count). The number of amides is 4. The third kappa shape index (κ3) is 4.81. The highest BCUT2D eigenvalue weighted by atomic mass is 19.2. The van der Waals surface area contributed by atoms with Crippen LogP contribution in [0, 0.1) is 24.5 Å². The number of imide groups is 1. The number of likely N-dealkylation sites (N-methyl/N-ethyl adjacent to an activating group) is 1. The third-order valence-electron chi connectivity index (χ3n) is 6.80. The Morgan fingerprint density at radius 2 is 1.92 bits per heavy atom. The van der Waals surface area contributed by atoms with Gasteiger partial charge in [-0.3, -0.25) is 19.4 Å². The number of hydrogen-bond donors (Lipinski definition) is 2. The average molecular weight is 526 g/mol. The number of anilines is 2. The van der Waals surface area contributed by atoms with E-state index in [4.69, 9.17) is 5.73 Å². The first-order chi connectivity index (χ1) is 18.0. The van der Waals surface area contributed by atoms with Gasteiger partial charge in [0.15, 0.2) is 11.6 Å². The fraction of sp³-hybridized carbons (Fsp3) is 0.346. The molecule has 10 nitrogen and oxygen atoms in total. The van der Waals surface area contributed by atoms with Gasteiger partial charge in [-0.2, -0.15) is 0 Å². The summed E-state index contributed by atoms with van der Waals surface area (Å²) in [6.07, 6.45) is 5.05. The van der Waals surface area contributed by atoms with Gasteiger partial charge in [0.2, 0.25) is 11.9 Å². The number of imidazole rings is 1. The van der Waals surface area contributed by atoms with Crippen LogP contribution in [0.25, 0.3) is 0 Å². The zero-order valence-electron chi connectivity index (χ0n) is 21.5. The number of aromatic nitrogens is 3. The summed E-state index contributed by atoms with van der Waals surface area (Å²) in [5.41, 5.74) is 6.53. The Morgan fingerprint density at radius 1 is 1.18 bits per heavy atom. The normalized spacial score (nSPS) is 17.6. The first-order valence-corrected chi connectivity index (χ1v) is 12.1. The first kappa shape index (κ1) is 26.7. The van der Waals surface area contributed by atoms with E-state index in [1.807, 2.05) is 0 Å². The van der Waals surface area contributed by atoms with E-state index >= 15 is 0 Å². The lowest BCUT2D eigenvalue weighted by Crippen LogP contribution is -2.70. The maximum atomic E-state index is 14.7. The van der Waals surface area contributed by atoms with E-state index in [-0.39, 0.29) is 29.8 Å². The summed E-state index contributed by atoms with van der Waals surface area (Å²) in [4.78, 5) is 50.4. The molecule has 0 aliphatic carbocycles. The Bertz CT molecular complexity index is 1390. The number of halogens is 2. The van der Waals surface area contributed by atoms with Gasteiger partial charge < -0.3 is 15.6 Å². The molecule has 12 heteroatoms. The van der Waals surface area contributed by atoms with Gasteiger partial charge >= 0.3 is 6.03 Å². The topological polar surface area (TPSA) is 126 Å². The molecule has 2 aromatic heterocycles. The quantitative estimate of drug-likeness (QED) is 0.457. The van der Waals surface area contributed by atoms with Crippen LogP contribution in [-0.4, -0.2) is 50.4 Å². The second-order valence-corrected chi connectivity index (χ2v) is 9.30. The second kappa shape index (κ2) is 10.6. The lowest BCUT2D eigenvalue weighted by Gasteiger charge is -2.45. The average Bonchev–Trinajstić information content (AvgIpc) is 3.32. The van der Waals surface area contributed by atoms with Crippen LogP contribution in [0.4, 0.5) is 25.3 Å². The zero-order chi connectivity index (χ0) is 27.7. The second-order valence-electron chi connectivity index (χ2n) is 9.30. The number of nitrogens with one attached hydrogen (secondary N) is 1. The lowest BCUT2D eigenvalue weighted by molar-refractivity contribution is -0.156. The van der Waals surface area contributed by atoms with Gasteiger partial charge in [-0.15, -0.1) is 0 Å². The summed E-state index contributed by atoms with van der Waals surface area (Å²) in [6.45, 7) is 3.12. The van der Waals surface area contributed by atoms with E-state index in [1.165, 1.54) is 43.4 Å². The van der Waals surface area contributed by atoms with Crippen molar-refractivity contribution in [1.82, 2.24) is 24.8 Å². The molecule has 1 unspecified atom stereocenters. The molecule has 3 N–H and O–H groups in total. The number of likely N-dealkylation sites (tertiary alicyclic amines) is 1. The van der Waals surface area contributed by atoms with Crippen molar-refractivity contribution in [1.29, 1.82) is 0 Å². The number of rotatable bonds is 7. The fourth-order valence-electron chi connectivity index (χ4n) is 4.66. The maximum absolute atomic E-state index is 14.7. The minimum absolute atomic E-state index is 0.0475. The van der Waals surface area contributed by atoms with Crippen LogP contribution in [0.1, 0.15) is 36.1 Å². The molecule has 200 valence electrons. The van der Waals surface area contributed by atoms with Crippen molar-refractivity contribution in [3.8, 4) is 0 Å². The summed E-state index contributed by atoms with van der Waals surface area (Å²) in [5, 5.41) is 2.60. The van der Waals surface area contributed by atoms with Crippen molar-refractivity contribution in [2.45, 2.75) is 38.8 Å². The van der Waals surface area contributed by atoms with Crippen molar-refractivity contribution < 1.29 is 23.2 Å². The van der Waals surface area contributed by atoms with Gasteiger partial charge in [0.1, 0.15) is 11.9 Å². The molecule has 4 amide bonds. The van der Waals surface area contributed by atoms with E-state index in [0.29, 0.717) is 11.5 Å². The number of carbonyl (C=O) groups is 3. The molecule has 0 bridgehead atoms. The molecule has 1 saturated heterocycles. The van der Waals surface area contributed by atoms with Crippen LogP contribution in [0.15, 0.2) is 42.9 Å². The lowest BCUT2D eigenvalue weighted by atomic mass is 9.81. The summed E-state index contributed by atoms with van der Waals surface area (Å²) in [7, 11) is 3.21. The van der Waals surface area contributed by atoms with Crippen molar-refractivity contribution in [3.63, 3.8) is 0 Å². The van der Waals surface area contributed by atoms with Gasteiger partial charge in [0, 0.05) is 38.2 Å². The SMILES string of the molecule is CCC(NC(=O)N1C(=O)[C@H](Cc2ccnc(N)c2)[C@H]1C(=O)N(C)c1nccn1C)c1ccc(C)c(F)c1F. The van der Waals surface area contributed by atoms with Crippen molar-refractivity contribution in [2.75, 3.05) is 17.7 Å². The van der Waals surface area contributed by atoms with Crippen molar-refractivity contribution >= 4 is 29.6 Å². The third-order valence-corrected chi connectivity index (χ3v) is 6.80. The number of nitrogen functional groups attached to an aromatic ring is 1. The number of β-lactam (4-membered cyclic amide) rings is 1. The monoisotopic (exact) mass is 525 g/mol. The molecule has 38 heavy (non-hydrogen) atoms. The zero-order valence-corrected chi connectivity index (χ0v) is 21.5. The van der Waals surface area contributed by atoms with Crippen molar-refractivity contribution in [2.24, 2.45) is 13.0 Å². The van der Waals surface area contributed by atoms with E-state index in [1.54, 1.807) is 36.9 Å².